The van der Waals surface area contributed by atoms with Crippen molar-refractivity contribution in [1.29, 1.82) is 0 Å². The summed E-state index contributed by atoms with van der Waals surface area (Å²) in [6, 6.07) is 15.3. The first-order valence-electron chi connectivity index (χ1n) is 10.2. The number of nitrogens with zero attached hydrogens (tertiary/aromatic N) is 1. The average molecular weight is 511 g/mol. The summed E-state index contributed by atoms with van der Waals surface area (Å²) < 4.78 is 66.7. The SMILES string of the molecule is Cc1ccc(S(=O)(=O)N(CC(=O)NCc2cccc(C(F)(F)F)c2)c2ccc(Cl)cc2C)cc1. The molecule has 5 nitrogen and oxygen atoms in total. The van der Waals surface area contributed by atoms with Crippen molar-refractivity contribution in [2.75, 3.05) is 10.8 Å². The van der Waals surface area contributed by atoms with Crippen LogP contribution in [0.1, 0.15) is 22.3 Å². The van der Waals surface area contributed by atoms with E-state index in [1.165, 1.54) is 36.4 Å². The van der Waals surface area contributed by atoms with Gasteiger partial charge in [0.1, 0.15) is 6.54 Å². The molecule has 180 valence electrons. The van der Waals surface area contributed by atoms with Crippen molar-refractivity contribution in [3.63, 3.8) is 0 Å². The Labute approximate surface area is 201 Å². The molecule has 0 spiro atoms. The molecule has 0 aromatic heterocycles. The number of halogens is 4. The Kier molecular flexibility index (Phi) is 7.57. The van der Waals surface area contributed by atoms with Gasteiger partial charge in [0.2, 0.25) is 5.91 Å². The van der Waals surface area contributed by atoms with Gasteiger partial charge in [0.25, 0.3) is 10.0 Å². The quantitative estimate of drug-likeness (QED) is 0.457. The Morgan fingerprint density at radius 1 is 1.00 bits per heavy atom. The van der Waals surface area contributed by atoms with Crippen LogP contribution in [0.4, 0.5) is 18.9 Å². The highest BCUT2D eigenvalue weighted by atomic mass is 35.5. The van der Waals surface area contributed by atoms with Gasteiger partial charge in [0, 0.05) is 11.6 Å². The summed E-state index contributed by atoms with van der Waals surface area (Å²) >= 11 is 6.01. The Bertz CT molecular complexity index is 1290. The summed E-state index contributed by atoms with van der Waals surface area (Å²) in [7, 11) is -4.13. The zero-order valence-corrected chi connectivity index (χ0v) is 19.9. The van der Waals surface area contributed by atoms with Crippen molar-refractivity contribution in [1.82, 2.24) is 5.32 Å². The first kappa shape index (κ1) is 25.6. The lowest BCUT2D eigenvalue weighted by atomic mass is 10.1. The molecule has 3 rings (SSSR count). The number of carbonyl (C=O) groups is 1. The van der Waals surface area contributed by atoms with E-state index in [2.05, 4.69) is 5.32 Å². The van der Waals surface area contributed by atoms with E-state index in [4.69, 9.17) is 11.6 Å². The third kappa shape index (κ3) is 6.09. The molecule has 0 aliphatic rings. The number of carbonyl (C=O) groups excluding carboxylic acids is 1. The van der Waals surface area contributed by atoms with Gasteiger partial charge in [-0.15, -0.1) is 0 Å². The van der Waals surface area contributed by atoms with Crippen molar-refractivity contribution >= 4 is 33.2 Å². The van der Waals surface area contributed by atoms with Crippen molar-refractivity contribution in [2.45, 2.75) is 31.5 Å². The maximum Gasteiger partial charge on any atom is 0.416 e. The topological polar surface area (TPSA) is 66.5 Å². The van der Waals surface area contributed by atoms with Gasteiger partial charge < -0.3 is 5.32 Å². The van der Waals surface area contributed by atoms with E-state index in [9.17, 15) is 26.4 Å². The van der Waals surface area contributed by atoms with Crippen LogP contribution in [0.2, 0.25) is 5.02 Å². The summed E-state index contributed by atoms with van der Waals surface area (Å²) in [4.78, 5) is 12.7. The van der Waals surface area contributed by atoms with Crippen LogP contribution in [0.25, 0.3) is 0 Å². The Hall–Kier alpha value is -3.04. The van der Waals surface area contributed by atoms with Gasteiger partial charge in [0.05, 0.1) is 16.1 Å². The summed E-state index contributed by atoms with van der Waals surface area (Å²) in [6.45, 7) is 2.72. The van der Waals surface area contributed by atoms with E-state index in [0.29, 0.717) is 10.6 Å². The molecule has 0 atom stereocenters. The fourth-order valence-electron chi connectivity index (χ4n) is 3.28. The van der Waals surface area contributed by atoms with Gasteiger partial charge in [-0.2, -0.15) is 13.2 Å². The molecule has 0 fully saturated rings. The van der Waals surface area contributed by atoms with Gasteiger partial charge in [-0.25, -0.2) is 8.42 Å². The van der Waals surface area contributed by atoms with Crippen LogP contribution < -0.4 is 9.62 Å². The molecule has 0 heterocycles. The second kappa shape index (κ2) is 10.1. The maximum absolute atomic E-state index is 13.4. The molecular formula is C24H22ClF3N2O3S. The second-order valence-electron chi connectivity index (χ2n) is 7.73. The number of hydrogen-bond acceptors (Lipinski definition) is 3. The van der Waals surface area contributed by atoms with Gasteiger partial charge in [-0.1, -0.05) is 41.4 Å². The van der Waals surface area contributed by atoms with Crippen LogP contribution in [0.15, 0.2) is 71.6 Å². The first-order chi connectivity index (χ1) is 15.9. The smallest absolute Gasteiger partial charge is 0.350 e. The monoisotopic (exact) mass is 510 g/mol. The lowest BCUT2D eigenvalue weighted by Gasteiger charge is -2.26. The highest BCUT2D eigenvalue weighted by Crippen LogP contribution is 2.30. The number of nitrogens with one attached hydrogen (secondary N) is 1. The van der Waals surface area contributed by atoms with Gasteiger partial charge >= 0.3 is 6.18 Å². The highest BCUT2D eigenvalue weighted by molar-refractivity contribution is 7.92. The lowest BCUT2D eigenvalue weighted by molar-refractivity contribution is -0.137. The molecule has 3 aromatic carbocycles. The van der Waals surface area contributed by atoms with Crippen molar-refractivity contribution in [2.24, 2.45) is 0 Å². The van der Waals surface area contributed by atoms with E-state index in [-0.39, 0.29) is 22.7 Å². The van der Waals surface area contributed by atoms with E-state index in [1.54, 1.807) is 25.1 Å². The molecule has 0 aliphatic heterocycles. The number of amides is 1. The van der Waals surface area contributed by atoms with E-state index >= 15 is 0 Å². The van der Waals surface area contributed by atoms with Crippen LogP contribution in [0.5, 0.6) is 0 Å². The van der Waals surface area contributed by atoms with Crippen molar-refractivity contribution in [3.8, 4) is 0 Å². The molecule has 0 saturated heterocycles. The Morgan fingerprint density at radius 2 is 1.68 bits per heavy atom. The number of anilines is 1. The van der Waals surface area contributed by atoms with Gasteiger partial charge in [-0.3, -0.25) is 9.10 Å². The standard InChI is InChI=1S/C24H22ClF3N2O3S/c1-16-6-9-21(10-7-16)34(32,33)30(22-11-8-20(25)12-17(22)2)15-23(31)29-14-18-4-3-5-19(13-18)24(26,27)28/h3-13H,14-15H2,1-2H3,(H,29,31). The minimum atomic E-state index is -4.51. The van der Waals surface area contributed by atoms with E-state index in [0.717, 1.165) is 22.0 Å². The summed E-state index contributed by atoms with van der Waals surface area (Å²) in [5, 5.41) is 2.91. The second-order valence-corrected chi connectivity index (χ2v) is 10.0. The fourth-order valence-corrected chi connectivity index (χ4v) is 4.99. The predicted molar refractivity (Wildman–Crippen MR) is 125 cm³/mol. The van der Waals surface area contributed by atoms with Crippen LogP contribution in [0, 0.1) is 13.8 Å². The molecular weight excluding hydrogens is 489 g/mol. The number of aryl methyl sites for hydroxylation is 2. The summed E-state index contributed by atoms with van der Waals surface area (Å²) in [6.07, 6.45) is -4.51. The minimum Gasteiger partial charge on any atom is -0.350 e. The molecule has 34 heavy (non-hydrogen) atoms. The van der Waals surface area contributed by atoms with Crippen LogP contribution in [-0.4, -0.2) is 20.9 Å². The third-order valence-electron chi connectivity index (χ3n) is 5.07. The zero-order chi connectivity index (χ0) is 25.1. The minimum absolute atomic E-state index is 0.00173. The molecule has 0 radical (unpaired) electrons. The Morgan fingerprint density at radius 3 is 2.29 bits per heavy atom. The molecule has 0 bridgehead atoms. The Balaban J connectivity index is 1.87. The largest absolute Gasteiger partial charge is 0.416 e. The molecule has 0 aliphatic carbocycles. The first-order valence-corrected chi connectivity index (χ1v) is 12.0. The van der Waals surface area contributed by atoms with E-state index in [1.807, 2.05) is 6.92 Å². The van der Waals surface area contributed by atoms with Crippen LogP contribution >= 0.6 is 11.6 Å². The molecule has 0 saturated carbocycles. The molecule has 3 aromatic rings. The number of alkyl halides is 3. The number of sulfonamides is 1. The van der Waals surface area contributed by atoms with Crippen LogP contribution in [0.3, 0.4) is 0 Å². The highest BCUT2D eigenvalue weighted by Gasteiger charge is 2.31. The number of benzene rings is 3. The van der Waals surface area contributed by atoms with Crippen molar-refractivity contribution < 1.29 is 26.4 Å². The normalized spacial score (nSPS) is 11.8. The van der Waals surface area contributed by atoms with Crippen LogP contribution in [-0.2, 0) is 27.5 Å². The zero-order valence-electron chi connectivity index (χ0n) is 18.4. The summed E-state index contributed by atoms with van der Waals surface area (Å²) in [5.41, 5.74) is 1.07. The molecule has 1 amide bonds. The average Bonchev–Trinajstić information content (AvgIpc) is 2.76. The fraction of sp³-hybridized carbons (Fsp3) is 0.208. The number of hydrogen-bond donors (Lipinski definition) is 1. The van der Waals surface area contributed by atoms with Gasteiger partial charge in [-0.05, 0) is 67.4 Å². The van der Waals surface area contributed by atoms with Gasteiger partial charge in [0.15, 0.2) is 0 Å². The predicted octanol–water partition coefficient (Wildman–Crippen LogP) is 5.49. The van der Waals surface area contributed by atoms with E-state index < -0.39 is 34.2 Å². The van der Waals surface area contributed by atoms with Crippen molar-refractivity contribution in [3.05, 3.63) is 94.0 Å². The molecule has 10 heteroatoms. The number of rotatable bonds is 7. The summed E-state index contributed by atoms with van der Waals surface area (Å²) in [5.74, 6) is -0.678. The maximum atomic E-state index is 13.4. The molecule has 0 unspecified atom stereocenters. The lowest BCUT2D eigenvalue weighted by Crippen LogP contribution is -2.41. The molecule has 1 N–H and O–H groups in total. The third-order valence-corrected chi connectivity index (χ3v) is 7.08.